The number of hydrogen-bond donors (Lipinski definition) is 0. The minimum atomic E-state index is 0.281. The summed E-state index contributed by atoms with van der Waals surface area (Å²) >= 11 is 7.43. The molecular weight excluding hydrogens is 380 g/mol. The first-order valence-electron chi connectivity index (χ1n) is 6.55. The first-order valence-corrected chi connectivity index (χ1v) is 8.25. The van der Waals surface area contributed by atoms with Gasteiger partial charge in [0.05, 0.1) is 7.11 Å². The molecule has 0 aliphatic rings. The number of halogens is 2. The zero-order chi connectivity index (χ0) is 14.7. The van der Waals surface area contributed by atoms with E-state index in [1.165, 1.54) is 22.3 Å². The molecule has 2 rings (SSSR count). The van der Waals surface area contributed by atoms with Gasteiger partial charge in [0.2, 0.25) is 0 Å². The predicted molar refractivity (Wildman–Crippen MR) is 92.0 cm³/mol. The van der Waals surface area contributed by atoms with Crippen LogP contribution in [0.15, 0.2) is 40.9 Å². The normalized spacial score (nSPS) is 12.2. The van der Waals surface area contributed by atoms with E-state index in [1.807, 2.05) is 12.1 Å². The molecule has 3 heteroatoms. The van der Waals surface area contributed by atoms with Crippen molar-refractivity contribution in [2.24, 2.45) is 0 Å². The minimum absolute atomic E-state index is 0.281. The van der Waals surface area contributed by atoms with Crippen LogP contribution in [-0.4, -0.2) is 7.11 Å². The number of methoxy groups -OCH3 is 1. The second-order valence-corrected chi connectivity index (χ2v) is 6.95. The Morgan fingerprint density at radius 1 is 1.10 bits per heavy atom. The first kappa shape index (κ1) is 15.6. The highest BCUT2D eigenvalue weighted by atomic mass is 79.9. The van der Waals surface area contributed by atoms with Crippen LogP contribution in [0, 0.1) is 13.8 Å². The highest BCUT2D eigenvalue weighted by molar-refractivity contribution is 9.11. The van der Waals surface area contributed by atoms with E-state index in [0.29, 0.717) is 0 Å². The lowest BCUT2D eigenvalue weighted by Crippen LogP contribution is -1.99. The lowest BCUT2D eigenvalue weighted by atomic mass is 9.98. The van der Waals surface area contributed by atoms with Crippen molar-refractivity contribution in [3.8, 4) is 5.75 Å². The van der Waals surface area contributed by atoms with E-state index >= 15 is 0 Å². The molecule has 1 unspecified atom stereocenters. The Balaban J connectivity index is 2.23. The molecule has 0 amide bonds. The van der Waals surface area contributed by atoms with Crippen LogP contribution < -0.4 is 4.74 Å². The van der Waals surface area contributed by atoms with Gasteiger partial charge in [-0.25, -0.2) is 0 Å². The fourth-order valence-corrected chi connectivity index (χ4v) is 3.90. The highest BCUT2D eigenvalue weighted by Crippen LogP contribution is 2.35. The van der Waals surface area contributed by atoms with Gasteiger partial charge in [0.25, 0.3) is 0 Å². The number of aryl methyl sites for hydroxylation is 2. The molecule has 1 atom stereocenters. The van der Waals surface area contributed by atoms with Crippen molar-refractivity contribution in [1.82, 2.24) is 0 Å². The Hall–Kier alpha value is -0.800. The topological polar surface area (TPSA) is 9.23 Å². The number of hydrogen-bond acceptors (Lipinski definition) is 1. The van der Waals surface area contributed by atoms with E-state index in [0.717, 1.165) is 16.6 Å². The smallest absolute Gasteiger partial charge is 0.120 e. The van der Waals surface area contributed by atoms with Gasteiger partial charge in [-0.1, -0.05) is 61.7 Å². The molecule has 0 bridgehead atoms. The van der Waals surface area contributed by atoms with Gasteiger partial charge in [0, 0.05) is 9.30 Å². The maximum Gasteiger partial charge on any atom is 0.120 e. The summed E-state index contributed by atoms with van der Waals surface area (Å²) in [5.74, 6) is 0.868. The van der Waals surface area contributed by atoms with Crippen molar-refractivity contribution in [1.29, 1.82) is 0 Å². The molecule has 0 saturated carbocycles. The molecule has 0 heterocycles. The summed E-state index contributed by atoms with van der Waals surface area (Å²) in [5.41, 5.74) is 5.27. The SMILES string of the molecule is COc1ccc(C(Br)Cc2cc(C)ccc2C)c(Br)c1. The van der Waals surface area contributed by atoms with Gasteiger partial charge in [-0.15, -0.1) is 0 Å². The van der Waals surface area contributed by atoms with Crippen LogP contribution in [0.4, 0.5) is 0 Å². The summed E-state index contributed by atoms with van der Waals surface area (Å²) in [4.78, 5) is 0.281. The van der Waals surface area contributed by atoms with E-state index in [1.54, 1.807) is 7.11 Å². The summed E-state index contributed by atoms with van der Waals surface area (Å²) in [5, 5.41) is 0. The van der Waals surface area contributed by atoms with Crippen LogP contribution >= 0.6 is 31.9 Å². The minimum Gasteiger partial charge on any atom is -0.497 e. The lowest BCUT2D eigenvalue weighted by Gasteiger charge is -2.15. The van der Waals surface area contributed by atoms with Crippen LogP contribution in [-0.2, 0) is 6.42 Å². The summed E-state index contributed by atoms with van der Waals surface area (Å²) in [7, 11) is 1.68. The molecule has 1 nitrogen and oxygen atoms in total. The molecule has 0 N–H and O–H groups in total. The lowest BCUT2D eigenvalue weighted by molar-refractivity contribution is 0.414. The average molecular weight is 398 g/mol. The Morgan fingerprint density at radius 3 is 2.50 bits per heavy atom. The largest absolute Gasteiger partial charge is 0.497 e. The summed E-state index contributed by atoms with van der Waals surface area (Å²) in [6.07, 6.45) is 0.971. The van der Waals surface area contributed by atoms with E-state index in [4.69, 9.17) is 4.74 Å². The fourth-order valence-electron chi connectivity index (χ4n) is 2.21. The molecule has 0 saturated heterocycles. The highest BCUT2D eigenvalue weighted by Gasteiger charge is 2.14. The van der Waals surface area contributed by atoms with E-state index in [9.17, 15) is 0 Å². The second-order valence-electron chi connectivity index (χ2n) is 4.99. The van der Waals surface area contributed by atoms with Gasteiger partial charge >= 0.3 is 0 Å². The molecule has 2 aromatic rings. The number of ether oxygens (including phenoxy) is 1. The zero-order valence-electron chi connectivity index (χ0n) is 11.9. The molecule has 0 aliphatic carbocycles. The predicted octanol–water partition coefficient (Wildman–Crippen LogP) is 5.75. The Kier molecular flexibility index (Phi) is 5.28. The fraction of sp³-hybridized carbons (Fsp3) is 0.294. The third-order valence-corrected chi connectivity index (χ3v) is 4.95. The molecule has 0 spiro atoms. The maximum atomic E-state index is 5.24. The van der Waals surface area contributed by atoms with Crippen LogP contribution in [0.5, 0.6) is 5.75 Å². The van der Waals surface area contributed by atoms with Crippen LogP contribution in [0.25, 0.3) is 0 Å². The summed E-state index contributed by atoms with van der Waals surface area (Å²) < 4.78 is 6.31. The van der Waals surface area contributed by atoms with Gasteiger partial charge in [-0.2, -0.15) is 0 Å². The number of benzene rings is 2. The third-order valence-electron chi connectivity index (χ3n) is 3.45. The van der Waals surface area contributed by atoms with Gasteiger partial charge in [0.15, 0.2) is 0 Å². The maximum absolute atomic E-state index is 5.24. The average Bonchev–Trinajstić information content (AvgIpc) is 2.42. The number of alkyl halides is 1. The van der Waals surface area contributed by atoms with Crippen molar-refractivity contribution in [2.45, 2.75) is 25.1 Å². The van der Waals surface area contributed by atoms with Gasteiger partial charge in [0.1, 0.15) is 5.75 Å². The molecule has 0 radical (unpaired) electrons. The molecule has 0 aromatic heterocycles. The zero-order valence-corrected chi connectivity index (χ0v) is 15.1. The standard InChI is InChI=1S/C17H18Br2O/c1-11-4-5-12(2)13(8-11)9-16(18)15-7-6-14(20-3)10-17(15)19/h4-8,10,16H,9H2,1-3H3. The van der Waals surface area contributed by atoms with Crippen molar-refractivity contribution in [2.75, 3.05) is 7.11 Å². The van der Waals surface area contributed by atoms with Gasteiger partial charge in [-0.3, -0.25) is 0 Å². The summed E-state index contributed by atoms with van der Waals surface area (Å²) in [6, 6.07) is 12.7. The third kappa shape index (κ3) is 3.64. The van der Waals surface area contributed by atoms with Crippen LogP contribution in [0.2, 0.25) is 0 Å². The quantitative estimate of drug-likeness (QED) is 0.596. The molecule has 0 aliphatic heterocycles. The monoisotopic (exact) mass is 396 g/mol. The molecule has 20 heavy (non-hydrogen) atoms. The van der Waals surface area contributed by atoms with E-state index < -0.39 is 0 Å². The van der Waals surface area contributed by atoms with Gasteiger partial charge in [-0.05, 0) is 49.1 Å². The van der Waals surface area contributed by atoms with E-state index in [-0.39, 0.29) is 4.83 Å². The van der Waals surface area contributed by atoms with Gasteiger partial charge < -0.3 is 4.74 Å². The molecular formula is C17H18Br2O. The van der Waals surface area contributed by atoms with Crippen molar-refractivity contribution in [3.63, 3.8) is 0 Å². The molecule has 106 valence electrons. The summed E-state index contributed by atoms with van der Waals surface area (Å²) in [6.45, 7) is 4.30. The van der Waals surface area contributed by atoms with Crippen molar-refractivity contribution >= 4 is 31.9 Å². The van der Waals surface area contributed by atoms with E-state index in [2.05, 4.69) is 70.0 Å². The molecule has 0 fully saturated rings. The van der Waals surface area contributed by atoms with Crippen molar-refractivity contribution in [3.05, 3.63) is 63.1 Å². The Labute approximate surface area is 137 Å². The van der Waals surface area contributed by atoms with Crippen LogP contribution in [0.3, 0.4) is 0 Å². The first-order chi connectivity index (χ1) is 9.51. The Morgan fingerprint density at radius 2 is 1.85 bits per heavy atom. The van der Waals surface area contributed by atoms with Crippen LogP contribution in [0.1, 0.15) is 27.1 Å². The second kappa shape index (κ2) is 6.77. The van der Waals surface area contributed by atoms with Crippen molar-refractivity contribution < 1.29 is 4.74 Å². The number of rotatable bonds is 4. The Bertz CT molecular complexity index is 608. The molecule has 2 aromatic carbocycles.